The van der Waals surface area contributed by atoms with Gasteiger partial charge in [0.2, 0.25) is 0 Å². The number of anilines is 1. The van der Waals surface area contributed by atoms with Crippen molar-refractivity contribution in [3.63, 3.8) is 0 Å². The highest BCUT2D eigenvalue weighted by molar-refractivity contribution is 5.70. The molecule has 7 heteroatoms. The highest BCUT2D eigenvalue weighted by Gasteiger charge is 2.30. The lowest BCUT2D eigenvalue weighted by atomic mass is 10.2. The molecule has 0 amide bonds. The summed E-state index contributed by atoms with van der Waals surface area (Å²) in [6.07, 6.45) is -3.68. The van der Waals surface area contributed by atoms with Crippen LogP contribution in [0.5, 0.6) is 0 Å². The van der Waals surface area contributed by atoms with Gasteiger partial charge in [-0.2, -0.15) is 13.2 Å². The molecule has 0 spiro atoms. The van der Waals surface area contributed by atoms with Gasteiger partial charge >= 0.3 is 12.1 Å². The zero-order valence-electron chi connectivity index (χ0n) is 9.90. The summed E-state index contributed by atoms with van der Waals surface area (Å²) < 4.78 is 36.9. The van der Waals surface area contributed by atoms with Gasteiger partial charge in [-0.05, 0) is 12.1 Å². The van der Waals surface area contributed by atoms with Gasteiger partial charge < -0.3 is 10.0 Å². The molecule has 0 aliphatic rings. The highest BCUT2D eigenvalue weighted by Crippen LogP contribution is 2.29. The third-order valence-corrected chi connectivity index (χ3v) is 2.44. The SMILES string of the molecule is CC(CN(C)c1ccc(C(F)(F)F)cn1)C(=O)O. The van der Waals surface area contributed by atoms with E-state index in [1.165, 1.54) is 17.9 Å². The summed E-state index contributed by atoms with van der Waals surface area (Å²) in [5.41, 5.74) is -0.828. The molecule has 0 radical (unpaired) electrons. The molecule has 1 rings (SSSR count). The number of carboxylic acids is 1. The van der Waals surface area contributed by atoms with Crippen molar-refractivity contribution in [1.82, 2.24) is 4.98 Å². The normalized spacial score (nSPS) is 13.2. The van der Waals surface area contributed by atoms with E-state index in [9.17, 15) is 18.0 Å². The Hall–Kier alpha value is -1.79. The van der Waals surface area contributed by atoms with E-state index >= 15 is 0 Å². The van der Waals surface area contributed by atoms with Crippen molar-refractivity contribution < 1.29 is 23.1 Å². The maximum atomic E-state index is 12.3. The number of aromatic nitrogens is 1. The minimum Gasteiger partial charge on any atom is -0.481 e. The van der Waals surface area contributed by atoms with Crippen LogP contribution in [-0.2, 0) is 11.0 Å². The average molecular weight is 262 g/mol. The molecule has 0 saturated heterocycles. The Kier molecular flexibility index (Phi) is 4.15. The summed E-state index contributed by atoms with van der Waals surface area (Å²) in [7, 11) is 1.58. The Bertz CT molecular complexity index is 417. The molecule has 18 heavy (non-hydrogen) atoms. The fraction of sp³-hybridized carbons (Fsp3) is 0.455. The van der Waals surface area contributed by atoms with Crippen LogP contribution >= 0.6 is 0 Å². The lowest BCUT2D eigenvalue weighted by Crippen LogP contribution is -2.29. The van der Waals surface area contributed by atoms with Gasteiger partial charge in [-0.25, -0.2) is 4.98 Å². The molecule has 1 heterocycles. The van der Waals surface area contributed by atoms with E-state index in [1.807, 2.05) is 0 Å². The summed E-state index contributed by atoms with van der Waals surface area (Å²) in [5.74, 6) is -1.29. The smallest absolute Gasteiger partial charge is 0.417 e. The third-order valence-electron chi connectivity index (χ3n) is 2.44. The minimum absolute atomic E-state index is 0.174. The Morgan fingerprint density at radius 2 is 2.11 bits per heavy atom. The Morgan fingerprint density at radius 1 is 1.50 bits per heavy atom. The first-order valence-electron chi connectivity index (χ1n) is 5.19. The van der Waals surface area contributed by atoms with Gasteiger partial charge in [-0.15, -0.1) is 0 Å². The second kappa shape index (κ2) is 5.24. The van der Waals surface area contributed by atoms with E-state index < -0.39 is 23.6 Å². The number of rotatable bonds is 4. The molecule has 0 bridgehead atoms. The summed E-state index contributed by atoms with van der Waals surface area (Å²) in [6.45, 7) is 1.69. The fourth-order valence-electron chi connectivity index (χ4n) is 1.36. The molecule has 1 aromatic heterocycles. The lowest BCUT2D eigenvalue weighted by Gasteiger charge is -2.20. The van der Waals surface area contributed by atoms with Gasteiger partial charge in [0.05, 0.1) is 11.5 Å². The molecule has 0 aliphatic carbocycles. The van der Waals surface area contributed by atoms with Crippen LogP contribution in [0.3, 0.4) is 0 Å². The van der Waals surface area contributed by atoms with Gasteiger partial charge in [0.1, 0.15) is 5.82 Å². The van der Waals surface area contributed by atoms with Crippen molar-refractivity contribution in [2.75, 3.05) is 18.5 Å². The predicted octanol–water partition coefficient (Wildman–Crippen LogP) is 2.26. The molecule has 1 unspecified atom stereocenters. The standard InChI is InChI=1S/C11H13F3N2O2/c1-7(10(17)18)6-16(2)9-4-3-8(5-15-9)11(12,13)14/h3-5,7H,6H2,1-2H3,(H,17,18). The van der Waals surface area contributed by atoms with Gasteiger partial charge in [0, 0.05) is 19.8 Å². The number of nitrogens with zero attached hydrogens (tertiary/aromatic N) is 2. The molecule has 1 atom stereocenters. The van der Waals surface area contributed by atoms with E-state index in [4.69, 9.17) is 5.11 Å². The number of carboxylic acid groups (broad SMARTS) is 1. The lowest BCUT2D eigenvalue weighted by molar-refractivity contribution is -0.140. The molecule has 1 aromatic rings. The molecule has 0 aromatic carbocycles. The second-order valence-electron chi connectivity index (χ2n) is 4.02. The number of carbonyl (C=O) groups is 1. The largest absolute Gasteiger partial charge is 0.481 e. The van der Waals surface area contributed by atoms with E-state index in [1.54, 1.807) is 7.05 Å². The number of alkyl halides is 3. The van der Waals surface area contributed by atoms with Crippen molar-refractivity contribution in [1.29, 1.82) is 0 Å². The first kappa shape index (κ1) is 14.3. The van der Waals surface area contributed by atoms with E-state index in [0.717, 1.165) is 12.3 Å². The van der Waals surface area contributed by atoms with Crippen LogP contribution in [-0.4, -0.2) is 29.7 Å². The molecule has 0 aliphatic heterocycles. The Labute approximate surface area is 102 Å². The van der Waals surface area contributed by atoms with Crippen molar-refractivity contribution in [3.05, 3.63) is 23.9 Å². The number of hydrogen-bond acceptors (Lipinski definition) is 3. The summed E-state index contributed by atoms with van der Waals surface area (Å²) >= 11 is 0. The highest BCUT2D eigenvalue weighted by atomic mass is 19.4. The maximum Gasteiger partial charge on any atom is 0.417 e. The zero-order valence-corrected chi connectivity index (χ0v) is 9.90. The van der Waals surface area contributed by atoms with Gasteiger partial charge in [0.15, 0.2) is 0 Å². The molecular formula is C11H13F3N2O2. The van der Waals surface area contributed by atoms with Crippen molar-refractivity contribution >= 4 is 11.8 Å². The van der Waals surface area contributed by atoms with Gasteiger partial charge in [0.25, 0.3) is 0 Å². The monoisotopic (exact) mass is 262 g/mol. The number of pyridine rings is 1. The Morgan fingerprint density at radius 3 is 2.50 bits per heavy atom. The minimum atomic E-state index is -4.42. The molecule has 1 N–H and O–H groups in total. The summed E-state index contributed by atoms with van der Waals surface area (Å²) in [4.78, 5) is 15.8. The van der Waals surface area contributed by atoms with Crippen LogP contribution in [0.25, 0.3) is 0 Å². The second-order valence-corrected chi connectivity index (χ2v) is 4.02. The van der Waals surface area contributed by atoms with Crippen LogP contribution in [0.2, 0.25) is 0 Å². The van der Waals surface area contributed by atoms with Gasteiger partial charge in [-0.3, -0.25) is 4.79 Å². The van der Waals surface area contributed by atoms with E-state index in [-0.39, 0.29) is 6.54 Å². The molecule has 0 fully saturated rings. The zero-order chi connectivity index (χ0) is 13.9. The van der Waals surface area contributed by atoms with Crippen molar-refractivity contribution in [3.8, 4) is 0 Å². The van der Waals surface area contributed by atoms with Crippen molar-refractivity contribution in [2.24, 2.45) is 5.92 Å². The average Bonchev–Trinajstić information content (AvgIpc) is 2.27. The van der Waals surface area contributed by atoms with Crippen LogP contribution in [0.4, 0.5) is 19.0 Å². The van der Waals surface area contributed by atoms with Crippen molar-refractivity contribution in [2.45, 2.75) is 13.1 Å². The predicted molar refractivity (Wildman–Crippen MR) is 59.3 cm³/mol. The quantitative estimate of drug-likeness (QED) is 0.904. The Balaban J connectivity index is 2.76. The molecular weight excluding hydrogens is 249 g/mol. The fourth-order valence-corrected chi connectivity index (χ4v) is 1.36. The summed E-state index contributed by atoms with van der Waals surface area (Å²) in [5, 5.41) is 8.73. The van der Waals surface area contributed by atoms with Crippen LogP contribution < -0.4 is 4.90 Å². The third kappa shape index (κ3) is 3.61. The van der Waals surface area contributed by atoms with Crippen LogP contribution in [0.15, 0.2) is 18.3 Å². The first-order valence-corrected chi connectivity index (χ1v) is 5.19. The molecule has 100 valence electrons. The molecule has 0 saturated carbocycles. The van der Waals surface area contributed by atoms with Crippen LogP contribution in [0, 0.1) is 5.92 Å². The number of halogens is 3. The van der Waals surface area contributed by atoms with Crippen LogP contribution in [0.1, 0.15) is 12.5 Å². The van der Waals surface area contributed by atoms with E-state index in [2.05, 4.69) is 4.98 Å². The number of hydrogen-bond donors (Lipinski definition) is 1. The topological polar surface area (TPSA) is 53.4 Å². The number of aliphatic carboxylic acids is 1. The molecule has 4 nitrogen and oxygen atoms in total. The summed E-state index contributed by atoms with van der Waals surface area (Å²) in [6, 6.07) is 2.14. The first-order chi connectivity index (χ1) is 8.21. The van der Waals surface area contributed by atoms with E-state index in [0.29, 0.717) is 5.82 Å². The maximum absolute atomic E-state index is 12.3. The van der Waals surface area contributed by atoms with Gasteiger partial charge in [-0.1, -0.05) is 6.92 Å².